The first-order valence-electron chi connectivity index (χ1n) is 6.32. The summed E-state index contributed by atoms with van der Waals surface area (Å²) in [5.41, 5.74) is 0. The Balaban J connectivity index is 1.95. The highest BCUT2D eigenvalue weighted by molar-refractivity contribution is 4.92. The van der Waals surface area contributed by atoms with Gasteiger partial charge in [-0.25, -0.2) is 0 Å². The number of ether oxygens (including phenoxy) is 1. The van der Waals surface area contributed by atoms with Gasteiger partial charge in [0.1, 0.15) is 30.6 Å². The first-order chi connectivity index (χ1) is 8.52. The largest absolute Gasteiger partial charge is 0.387 e. The van der Waals surface area contributed by atoms with Gasteiger partial charge in [0.05, 0.1) is 0 Å². The molecule has 2 saturated heterocycles. The predicted octanol–water partition coefficient (Wildman–Crippen LogP) is -2.41. The van der Waals surface area contributed by atoms with Gasteiger partial charge in [0.2, 0.25) is 0 Å². The van der Waals surface area contributed by atoms with Crippen molar-refractivity contribution in [2.45, 2.75) is 56.2 Å². The van der Waals surface area contributed by atoms with Crippen LogP contribution in [-0.2, 0) is 4.74 Å². The molecule has 0 saturated carbocycles. The normalized spacial score (nSPS) is 41.8. The van der Waals surface area contributed by atoms with Gasteiger partial charge >= 0.3 is 0 Å². The molecule has 6 atom stereocenters. The number of aliphatic hydroxyl groups excluding tert-OH is 5. The van der Waals surface area contributed by atoms with Gasteiger partial charge < -0.3 is 30.3 Å². The number of likely N-dealkylation sites (tertiary alicyclic amines) is 1. The Bertz CT molecular complexity index is 272. The van der Waals surface area contributed by atoms with E-state index in [1.54, 1.807) is 4.90 Å². The van der Waals surface area contributed by atoms with Crippen molar-refractivity contribution in [2.75, 3.05) is 13.1 Å². The van der Waals surface area contributed by atoms with Crippen LogP contribution in [0, 0.1) is 0 Å². The minimum atomic E-state index is -1.53. The number of hydrogen-bond donors (Lipinski definition) is 5. The van der Waals surface area contributed by atoms with Crippen molar-refractivity contribution >= 4 is 0 Å². The maximum atomic E-state index is 10.0. The fraction of sp³-hybridized carbons (Fsp3) is 1.00. The van der Waals surface area contributed by atoms with Crippen molar-refractivity contribution < 1.29 is 30.3 Å². The van der Waals surface area contributed by atoms with Gasteiger partial charge in [0, 0.05) is 13.1 Å². The summed E-state index contributed by atoms with van der Waals surface area (Å²) in [6.45, 7) is 1.35. The lowest BCUT2D eigenvalue weighted by Crippen LogP contribution is -2.53. The Morgan fingerprint density at radius 3 is 2.06 bits per heavy atom. The van der Waals surface area contributed by atoms with Crippen molar-refractivity contribution in [1.82, 2.24) is 4.90 Å². The third-order valence-corrected chi connectivity index (χ3v) is 3.68. The zero-order chi connectivity index (χ0) is 13.3. The molecule has 2 heterocycles. The lowest BCUT2D eigenvalue weighted by Gasteiger charge is -2.35. The van der Waals surface area contributed by atoms with Crippen LogP contribution in [0.5, 0.6) is 0 Å². The van der Waals surface area contributed by atoms with E-state index in [1.807, 2.05) is 0 Å². The summed E-state index contributed by atoms with van der Waals surface area (Å²) in [5.74, 6) is 0. The van der Waals surface area contributed by atoms with Crippen molar-refractivity contribution in [3.8, 4) is 0 Å². The Kier molecular flexibility index (Phi) is 4.54. The molecule has 2 fully saturated rings. The van der Waals surface area contributed by atoms with Gasteiger partial charge in [-0.1, -0.05) is 6.42 Å². The molecule has 0 aliphatic carbocycles. The van der Waals surface area contributed by atoms with Crippen LogP contribution < -0.4 is 0 Å². The Labute approximate surface area is 105 Å². The summed E-state index contributed by atoms with van der Waals surface area (Å²) in [7, 11) is 0. The zero-order valence-corrected chi connectivity index (χ0v) is 10.1. The van der Waals surface area contributed by atoms with E-state index in [0.717, 1.165) is 19.3 Å². The van der Waals surface area contributed by atoms with Crippen LogP contribution in [0.3, 0.4) is 0 Å². The van der Waals surface area contributed by atoms with E-state index in [0.29, 0.717) is 13.1 Å². The Morgan fingerprint density at radius 2 is 1.56 bits per heavy atom. The second kappa shape index (κ2) is 5.79. The molecule has 7 nitrogen and oxygen atoms in total. The molecule has 7 heteroatoms. The SMILES string of the molecule is OC([C@@H](O)[C@H]1O[C@H](O)[C@@H](O)[C@H]1O)N1CCCCC1. The van der Waals surface area contributed by atoms with Crippen molar-refractivity contribution in [1.29, 1.82) is 0 Å². The molecule has 1 unspecified atom stereocenters. The van der Waals surface area contributed by atoms with Gasteiger partial charge in [-0.2, -0.15) is 0 Å². The smallest absolute Gasteiger partial charge is 0.184 e. The van der Waals surface area contributed by atoms with Crippen LogP contribution in [0.4, 0.5) is 0 Å². The van der Waals surface area contributed by atoms with Crippen LogP contribution in [0.25, 0.3) is 0 Å². The molecular weight excluding hydrogens is 242 g/mol. The highest BCUT2D eigenvalue weighted by Gasteiger charge is 2.47. The van der Waals surface area contributed by atoms with Gasteiger partial charge in [-0.05, 0) is 12.8 Å². The molecule has 0 aromatic carbocycles. The quantitative estimate of drug-likeness (QED) is 0.385. The minimum absolute atomic E-state index is 0.673. The van der Waals surface area contributed by atoms with Crippen molar-refractivity contribution in [2.24, 2.45) is 0 Å². The number of nitrogens with zero attached hydrogens (tertiary/aromatic N) is 1. The maximum Gasteiger partial charge on any atom is 0.184 e. The predicted molar refractivity (Wildman–Crippen MR) is 60.3 cm³/mol. The van der Waals surface area contributed by atoms with E-state index >= 15 is 0 Å². The number of rotatable bonds is 3. The molecule has 2 rings (SSSR count). The molecule has 0 aromatic rings. The standard InChI is InChI=1S/C11H21NO6/c13-6-7(14)11(17)18-9(6)8(15)10(16)12-4-2-1-3-5-12/h6-11,13-17H,1-5H2/t6-,7+,8+,9+,10?,11+/m1/s1. The van der Waals surface area contributed by atoms with Gasteiger partial charge in [-0.3, -0.25) is 4.90 Å². The average Bonchev–Trinajstić information content (AvgIpc) is 2.66. The molecule has 2 aliphatic heterocycles. The number of piperidine rings is 1. The first-order valence-corrected chi connectivity index (χ1v) is 6.32. The summed E-state index contributed by atoms with van der Waals surface area (Å²) in [6, 6.07) is 0. The summed E-state index contributed by atoms with van der Waals surface area (Å²) in [4.78, 5) is 1.71. The summed E-state index contributed by atoms with van der Waals surface area (Å²) >= 11 is 0. The lowest BCUT2D eigenvalue weighted by molar-refractivity contribution is -0.183. The topological polar surface area (TPSA) is 114 Å². The third-order valence-electron chi connectivity index (χ3n) is 3.68. The van der Waals surface area contributed by atoms with Gasteiger partial charge in [0.15, 0.2) is 6.29 Å². The van der Waals surface area contributed by atoms with Gasteiger partial charge in [-0.15, -0.1) is 0 Å². The van der Waals surface area contributed by atoms with E-state index in [2.05, 4.69) is 0 Å². The van der Waals surface area contributed by atoms with E-state index in [9.17, 15) is 25.5 Å². The Hall–Kier alpha value is -0.280. The van der Waals surface area contributed by atoms with E-state index in [4.69, 9.17) is 4.74 Å². The second-order valence-electron chi connectivity index (χ2n) is 4.97. The molecule has 0 radical (unpaired) electrons. The number of hydrogen-bond acceptors (Lipinski definition) is 7. The van der Waals surface area contributed by atoms with Crippen molar-refractivity contribution in [3.63, 3.8) is 0 Å². The average molecular weight is 263 g/mol. The highest BCUT2D eigenvalue weighted by atomic mass is 16.6. The monoisotopic (exact) mass is 263 g/mol. The van der Waals surface area contributed by atoms with Crippen LogP contribution >= 0.6 is 0 Å². The fourth-order valence-corrected chi connectivity index (χ4v) is 2.54. The molecule has 5 N–H and O–H groups in total. The molecule has 0 aromatic heterocycles. The van der Waals surface area contributed by atoms with Crippen LogP contribution in [0.15, 0.2) is 0 Å². The highest BCUT2D eigenvalue weighted by Crippen LogP contribution is 2.25. The van der Waals surface area contributed by atoms with E-state index < -0.39 is 36.9 Å². The molecule has 0 bridgehead atoms. The summed E-state index contributed by atoms with van der Waals surface area (Å²) < 4.78 is 4.88. The fourth-order valence-electron chi connectivity index (χ4n) is 2.54. The van der Waals surface area contributed by atoms with Crippen LogP contribution in [0.2, 0.25) is 0 Å². The first kappa shape index (κ1) is 14.1. The summed E-state index contributed by atoms with van der Waals surface area (Å²) in [6.07, 6.45) is -5.13. The second-order valence-corrected chi connectivity index (χ2v) is 4.97. The minimum Gasteiger partial charge on any atom is -0.387 e. The third kappa shape index (κ3) is 2.67. The van der Waals surface area contributed by atoms with Crippen LogP contribution in [-0.4, -0.2) is 80.5 Å². The lowest BCUT2D eigenvalue weighted by atomic mass is 10.0. The van der Waals surface area contributed by atoms with Crippen LogP contribution in [0.1, 0.15) is 19.3 Å². The molecule has 0 spiro atoms. The Morgan fingerprint density at radius 1 is 0.944 bits per heavy atom. The van der Waals surface area contributed by atoms with Gasteiger partial charge in [0.25, 0.3) is 0 Å². The molecule has 0 amide bonds. The maximum absolute atomic E-state index is 10.0. The number of aliphatic hydroxyl groups is 5. The van der Waals surface area contributed by atoms with E-state index in [-0.39, 0.29) is 0 Å². The molecule has 106 valence electrons. The molecule has 18 heavy (non-hydrogen) atoms. The van der Waals surface area contributed by atoms with E-state index in [1.165, 1.54) is 0 Å². The molecule has 2 aliphatic rings. The summed E-state index contributed by atoms with van der Waals surface area (Å²) in [5, 5.41) is 48.2. The zero-order valence-electron chi connectivity index (χ0n) is 10.1. The molecular formula is C11H21NO6. The van der Waals surface area contributed by atoms with Crippen molar-refractivity contribution in [3.05, 3.63) is 0 Å².